The first-order valence-corrected chi connectivity index (χ1v) is 13.4. The van der Waals surface area contributed by atoms with Crippen LogP contribution in [0.15, 0.2) is 0 Å². The molecule has 3 aliphatic rings. The van der Waals surface area contributed by atoms with Gasteiger partial charge in [-0.2, -0.15) is 0 Å². The summed E-state index contributed by atoms with van der Waals surface area (Å²) in [5, 5.41) is 9.36. The highest BCUT2D eigenvalue weighted by Gasteiger charge is 2.40. The Morgan fingerprint density at radius 3 is 1.86 bits per heavy atom. The van der Waals surface area contributed by atoms with Crippen LogP contribution in [0.3, 0.4) is 0 Å². The van der Waals surface area contributed by atoms with E-state index in [9.17, 15) is 5.11 Å². The lowest BCUT2D eigenvalue weighted by atomic mass is 9.60. The molecule has 170 valence electrons. The molecule has 0 radical (unpaired) electrons. The highest BCUT2D eigenvalue weighted by atomic mass is 16.5. The number of aliphatic hydroxyl groups excluding tert-OH is 1. The zero-order chi connectivity index (χ0) is 20.6. The van der Waals surface area contributed by atoms with Gasteiger partial charge in [-0.1, -0.05) is 59.3 Å². The lowest BCUT2D eigenvalue weighted by molar-refractivity contribution is -0.0462. The van der Waals surface area contributed by atoms with Gasteiger partial charge in [0.25, 0.3) is 0 Å². The van der Waals surface area contributed by atoms with E-state index in [1.165, 1.54) is 83.5 Å². The van der Waals surface area contributed by atoms with Crippen LogP contribution in [0, 0.1) is 41.4 Å². The average molecular weight is 407 g/mol. The predicted molar refractivity (Wildman–Crippen MR) is 123 cm³/mol. The third-order valence-electron chi connectivity index (χ3n) is 9.39. The van der Waals surface area contributed by atoms with Gasteiger partial charge in [0, 0.05) is 13.2 Å². The van der Waals surface area contributed by atoms with Crippen LogP contribution in [0.25, 0.3) is 0 Å². The Labute approximate surface area is 181 Å². The first-order chi connectivity index (χ1) is 14.2. The second-order valence-electron chi connectivity index (χ2n) is 10.9. The molecule has 2 heteroatoms. The first kappa shape index (κ1) is 23.6. The molecule has 0 aromatic carbocycles. The Kier molecular flexibility index (Phi) is 9.83. The Balaban J connectivity index is 1.46. The molecule has 6 atom stereocenters. The molecule has 0 heterocycles. The third kappa shape index (κ3) is 6.45. The predicted octanol–water partition coefficient (Wildman–Crippen LogP) is 7.24. The summed E-state index contributed by atoms with van der Waals surface area (Å²) in [5.74, 6) is 6.24. The van der Waals surface area contributed by atoms with Crippen molar-refractivity contribution in [2.24, 2.45) is 41.4 Å². The zero-order valence-electron chi connectivity index (χ0n) is 19.8. The van der Waals surface area contributed by atoms with Crippen molar-refractivity contribution in [2.75, 3.05) is 13.2 Å². The highest BCUT2D eigenvalue weighted by molar-refractivity contribution is 4.90. The highest BCUT2D eigenvalue weighted by Crippen LogP contribution is 2.48. The van der Waals surface area contributed by atoms with E-state index in [2.05, 4.69) is 20.8 Å². The molecular formula is C27H50O2. The van der Waals surface area contributed by atoms with Crippen molar-refractivity contribution in [3.63, 3.8) is 0 Å². The molecule has 29 heavy (non-hydrogen) atoms. The van der Waals surface area contributed by atoms with E-state index in [0.717, 1.165) is 54.5 Å². The zero-order valence-corrected chi connectivity index (χ0v) is 19.8. The molecule has 6 unspecified atom stereocenters. The van der Waals surface area contributed by atoms with Crippen LogP contribution >= 0.6 is 0 Å². The second kappa shape index (κ2) is 12.1. The molecule has 3 rings (SSSR count). The minimum atomic E-state index is 0.381. The summed E-state index contributed by atoms with van der Waals surface area (Å²) in [7, 11) is 0. The van der Waals surface area contributed by atoms with E-state index in [0.29, 0.717) is 12.7 Å². The summed E-state index contributed by atoms with van der Waals surface area (Å²) in [6.07, 6.45) is 19.4. The normalized spacial score (nSPS) is 41.4. The number of hydrogen-bond acceptors (Lipinski definition) is 2. The summed E-state index contributed by atoms with van der Waals surface area (Å²) >= 11 is 0. The molecule has 0 saturated heterocycles. The first-order valence-electron chi connectivity index (χ1n) is 13.4. The van der Waals surface area contributed by atoms with Gasteiger partial charge >= 0.3 is 0 Å². The van der Waals surface area contributed by atoms with Crippen molar-refractivity contribution < 1.29 is 9.84 Å². The van der Waals surface area contributed by atoms with Gasteiger partial charge in [0.2, 0.25) is 0 Å². The summed E-state index contributed by atoms with van der Waals surface area (Å²) in [6, 6.07) is 0. The number of rotatable bonds is 9. The standard InChI is InChI=1S/C27H50O2/c1-4-20-7-9-22(10-8-20)19-29-25-12-14-27(24(6-3)18-25)26-13-11-21(15-16-28)17-23(26)5-2/h20-28H,4-19H2,1-3H3. The van der Waals surface area contributed by atoms with E-state index in [1.54, 1.807) is 0 Å². The van der Waals surface area contributed by atoms with Gasteiger partial charge in [-0.25, -0.2) is 0 Å². The van der Waals surface area contributed by atoms with Gasteiger partial charge in [0.15, 0.2) is 0 Å². The van der Waals surface area contributed by atoms with Gasteiger partial charge in [0.05, 0.1) is 6.10 Å². The van der Waals surface area contributed by atoms with Crippen LogP contribution in [-0.2, 0) is 4.74 Å². The van der Waals surface area contributed by atoms with Crippen LogP contribution in [0.5, 0.6) is 0 Å². The quantitative estimate of drug-likeness (QED) is 0.437. The maximum absolute atomic E-state index is 9.36. The lowest BCUT2D eigenvalue weighted by Crippen LogP contribution is -2.39. The minimum Gasteiger partial charge on any atom is -0.396 e. The van der Waals surface area contributed by atoms with Crippen LogP contribution < -0.4 is 0 Å². The Morgan fingerprint density at radius 1 is 0.655 bits per heavy atom. The molecular weight excluding hydrogens is 356 g/mol. The van der Waals surface area contributed by atoms with Crippen molar-refractivity contribution in [1.82, 2.24) is 0 Å². The van der Waals surface area contributed by atoms with E-state index < -0.39 is 0 Å². The van der Waals surface area contributed by atoms with Crippen molar-refractivity contribution in [1.29, 1.82) is 0 Å². The van der Waals surface area contributed by atoms with Gasteiger partial charge in [-0.15, -0.1) is 0 Å². The molecule has 3 saturated carbocycles. The summed E-state index contributed by atoms with van der Waals surface area (Å²) in [4.78, 5) is 0. The third-order valence-corrected chi connectivity index (χ3v) is 9.39. The smallest absolute Gasteiger partial charge is 0.0578 e. The van der Waals surface area contributed by atoms with Gasteiger partial charge in [-0.3, -0.25) is 0 Å². The molecule has 1 N–H and O–H groups in total. The lowest BCUT2D eigenvalue weighted by Gasteiger charge is -2.46. The molecule has 0 amide bonds. The number of aliphatic hydroxyl groups is 1. The molecule has 3 fully saturated rings. The Hall–Kier alpha value is -0.0800. The van der Waals surface area contributed by atoms with Gasteiger partial charge < -0.3 is 9.84 Å². The van der Waals surface area contributed by atoms with E-state index >= 15 is 0 Å². The fourth-order valence-corrected chi connectivity index (χ4v) is 7.37. The number of hydrogen-bond donors (Lipinski definition) is 1. The maximum atomic E-state index is 9.36. The van der Waals surface area contributed by atoms with E-state index in [1.807, 2.05) is 0 Å². The summed E-state index contributed by atoms with van der Waals surface area (Å²) in [5.41, 5.74) is 0. The Morgan fingerprint density at radius 2 is 1.24 bits per heavy atom. The van der Waals surface area contributed by atoms with Crippen molar-refractivity contribution in [3.05, 3.63) is 0 Å². The van der Waals surface area contributed by atoms with Crippen molar-refractivity contribution in [2.45, 2.75) is 117 Å². The largest absolute Gasteiger partial charge is 0.396 e. The van der Waals surface area contributed by atoms with Crippen LogP contribution in [0.1, 0.15) is 111 Å². The molecule has 0 aromatic rings. The summed E-state index contributed by atoms with van der Waals surface area (Å²) < 4.78 is 6.53. The van der Waals surface area contributed by atoms with Crippen LogP contribution in [0.4, 0.5) is 0 Å². The average Bonchev–Trinajstić information content (AvgIpc) is 2.78. The van der Waals surface area contributed by atoms with Gasteiger partial charge in [0.1, 0.15) is 0 Å². The number of ether oxygens (including phenoxy) is 1. The van der Waals surface area contributed by atoms with Crippen molar-refractivity contribution >= 4 is 0 Å². The van der Waals surface area contributed by atoms with Crippen molar-refractivity contribution in [3.8, 4) is 0 Å². The Bertz CT molecular complexity index is 442. The minimum absolute atomic E-state index is 0.381. The fourth-order valence-electron chi connectivity index (χ4n) is 7.37. The monoisotopic (exact) mass is 406 g/mol. The van der Waals surface area contributed by atoms with Gasteiger partial charge in [-0.05, 0) is 92.8 Å². The molecule has 0 aromatic heterocycles. The van der Waals surface area contributed by atoms with E-state index in [-0.39, 0.29) is 0 Å². The van der Waals surface area contributed by atoms with Crippen LogP contribution in [0.2, 0.25) is 0 Å². The van der Waals surface area contributed by atoms with E-state index in [4.69, 9.17) is 4.74 Å². The molecule has 2 nitrogen and oxygen atoms in total. The topological polar surface area (TPSA) is 29.5 Å². The molecule has 0 aliphatic heterocycles. The maximum Gasteiger partial charge on any atom is 0.0578 e. The molecule has 0 bridgehead atoms. The molecule has 0 spiro atoms. The second-order valence-corrected chi connectivity index (χ2v) is 10.9. The molecule has 3 aliphatic carbocycles. The fraction of sp³-hybridized carbons (Fsp3) is 1.00. The summed E-state index contributed by atoms with van der Waals surface area (Å²) in [6.45, 7) is 8.59. The van der Waals surface area contributed by atoms with Crippen LogP contribution in [-0.4, -0.2) is 24.4 Å². The SMILES string of the molecule is CCC1CCC(COC2CCC(C3CCC(CCO)CC3CC)C(CC)C2)CC1.